The lowest BCUT2D eigenvalue weighted by molar-refractivity contribution is 0.221. The first-order chi connectivity index (χ1) is 46.9. The number of rotatable bonds is 14. The van der Waals surface area contributed by atoms with Crippen molar-refractivity contribution in [2.45, 2.75) is 70.4 Å². The summed E-state index contributed by atoms with van der Waals surface area (Å²) in [6.45, 7) is 4.77. The first-order valence-corrected chi connectivity index (χ1v) is 34.0. The van der Waals surface area contributed by atoms with E-state index in [9.17, 15) is 0 Å². The minimum Gasteiger partial charge on any atom is -0.348 e. The first kappa shape index (κ1) is 59.1. The summed E-state index contributed by atoms with van der Waals surface area (Å²) in [4.78, 5) is 22.5. The van der Waals surface area contributed by atoms with E-state index in [2.05, 4.69) is 339 Å². The Balaban J connectivity index is 0.916. The second-order valence-corrected chi connectivity index (χ2v) is 26.2. The molecule has 0 radical (unpaired) electrons. The van der Waals surface area contributed by atoms with Crippen molar-refractivity contribution in [3.63, 3.8) is 0 Å². The average molecular weight is 1230 g/mol. The van der Waals surface area contributed by atoms with Gasteiger partial charge in [0.2, 0.25) is 0 Å². The monoisotopic (exact) mass is 1230 g/mol. The van der Waals surface area contributed by atoms with E-state index in [1.54, 1.807) is 0 Å². The topological polar surface area (TPSA) is 50.1 Å². The van der Waals surface area contributed by atoms with Crippen LogP contribution < -0.4 is 0 Å². The molecule has 0 bridgehead atoms. The zero-order chi connectivity index (χ0) is 63.8. The maximum absolute atomic E-state index is 5.92. The molecular weight excluding hydrogens is 1150 g/mol. The lowest BCUT2D eigenvalue weighted by Crippen LogP contribution is -2.31. The van der Waals surface area contributed by atoms with E-state index >= 15 is 0 Å². The van der Waals surface area contributed by atoms with Gasteiger partial charge >= 0.3 is 0 Å². The Morgan fingerprint density at radius 3 is 1.82 bits per heavy atom. The molecule has 6 heteroatoms. The van der Waals surface area contributed by atoms with Crippen LogP contribution in [0.2, 0.25) is 0 Å². The highest BCUT2D eigenvalue weighted by Gasteiger charge is 2.41. The van der Waals surface area contributed by atoms with E-state index in [4.69, 9.17) is 15.0 Å². The number of benzene rings is 9. The quantitative estimate of drug-likeness (QED) is 0.102. The highest BCUT2D eigenvalue weighted by Crippen LogP contribution is 2.52. The largest absolute Gasteiger partial charge is 0.348 e. The summed E-state index contributed by atoms with van der Waals surface area (Å²) >= 11 is 0. The summed E-state index contributed by atoms with van der Waals surface area (Å²) in [6, 6.07) is 86.6. The van der Waals surface area contributed by atoms with Gasteiger partial charge in [0.1, 0.15) is 12.0 Å². The molecule has 16 rings (SSSR count). The average Bonchev–Trinajstić information content (AvgIpc) is 1.63. The Morgan fingerprint density at radius 2 is 1.13 bits per heavy atom. The van der Waals surface area contributed by atoms with Crippen molar-refractivity contribution in [1.29, 1.82) is 0 Å². The van der Waals surface area contributed by atoms with Gasteiger partial charge in [-0.2, -0.15) is 0 Å². The summed E-state index contributed by atoms with van der Waals surface area (Å²) in [5.74, 6) is 2.76. The van der Waals surface area contributed by atoms with Gasteiger partial charge in [0.15, 0.2) is 5.82 Å². The van der Waals surface area contributed by atoms with Gasteiger partial charge in [0, 0.05) is 74.6 Å². The Hall–Kier alpha value is -11.0. The molecular formula is C89H76N6. The molecule has 11 aromatic rings. The van der Waals surface area contributed by atoms with Gasteiger partial charge in [0.05, 0.1) is 34.0 Å². The van der Waals surface area contributed by atoms with Crippen LogP contribution in [0.25, 0.3) is 95.2 Å². The summed E-state index contributed by atoms with van der Waals surface area (Å²) in [6.07, 6.45) is 31.3. The maximum Gasteiger partial charge on any atom is 0.156 e. The number of imidazole rings is 1. The molecule has 6 nitrogen and oxygen atoms in total. The van der Waals surface area contributed by atoms with Crippen molar-refractivity contribution in [2.75, 3.05) is 7.05 Å². The van der Waals surface area contributed by atoms with E-state index in [1.165, 1.54) is 62.5 Å². The van der Waals surface area contributed by atoms with Crippen molar-refractivity contribution in [1.82, 2.24) is 29.3 Å². The number of nitrogens with zero attached hydrogens (tertiary/aromatic N) is 6. The molecule has 5 unspecified atom stereocenters. The zero-order valence-electron chi connectivity index (χ0n) is 54.2. The highest BCUT2D eigenvalue weighted by atomic mass is 15.4. The van der Waals surface area contributed by atoms with Gasteiger partial charge in [-0.1, -0.05) is 281 Å². The van der Waals surface area contributed by atoms with E-state index in [-0.39, 0.29) is 18.0 Å². The molecule has 95 heavy (non-hydrogen) atoms. The SMILES string of the molecule is CC1CC(N2C(c3ccccc3)=C(c3ccccc3)N(C)C2c2ccccc2)=CC=C1c1nc(-c2ccc(-n3c(C4C=CC=CC4)nc(-c4ccccc4)c3-c3ccccc3)cc2)c2cc(-c3cccc(C4C=CCCC4C)c3)cc(-c3cccc(C4=CCCC=C4)c3)c2n1. The third-order valence-corrected chi connectivity index (χ3v) is 20.1. The van der Waals surface area contributed by atoms with Gasteiger partial charge < -0.3 is 9.80 Å². The lowest BCUT2D eigenvalue weighted by atomic mass is 9.80. The first-order valence-electron chi connectivity index (χ1n) is 34.0. The van der Waals surface area contributed by atoms with Crippen LogP contribution in [-0.4, -0.2) is 36.4 Å². The minimum absolute atomic E-state index is 0.0378. The van der Waals surface area contributed by atoms with Crippen molar-refractivity contribution in [3.8, 4) is 61.7 Å². The van der Waals surface area contributed by atoms with Crippen LogP contribution in [0.15, 0.2) is 309 Å². The predicted octanol–water partition coefficient (Wildman–Crippen LogP) is 22.3. The van der Waals surface area contributed by atoms with Gasteiger partial charge in [-0.25, -0.2) is 15.0 Å². The smallest absolute Gasteiger partial charge is 0.156 e. The van der Waals surface area contributed by atoms with Crippen LogP contribution in [0.3, 0.4) is 0 Å². The fourth-order valence-corrected chi connectivity index (χ4v) is 15.3. The van der Waals surface area contributed by atoms with Gasteiger partial charge in [-0.15, -0.1) is 0 Å². The van der Waals surface area contributed by atoms with E-state index in [0.717, 1.165) is 116 Å². The van der Waals surface area contributed by atoms with Crippen LogP contribution >= 0.6 is 0 Å². The summed E-state index contributed by atoms with van der Waals surface area (Å²) in [5, 5.41) is 1.00. The number of hydrogen-bond donors (Lipinski definition) is 0. The Morgan fingerprint density at radius 1 is 0.474 bits per heavy atom. The highest BCUT2D eigenvalue weighted by molar-refractivity contribution is 6.05. The van der Waals surface area contributed by atoms with E-state index in [1.807, 2.05) is 0 Å². The molecule has 4 aliphatic carbocycles. The van der Waals surface area contributed by atoms with E-state index < -0.39 is 0 Å². The van der Waals surface area contributed by atoms with E-state index in [0.29, 0.717) is 11.8 Å². The minimum atomic E-state index is -0.0971. The molecule has 3 heterocycles. The second kappa shape index (κ2) is 25.9. The summed E-state index contributed by atoms with van der Waals surface area (Å²) in [7, 11) is 2.25. The Labute approximate surface area is 559 Å². The van der Waals surface area contributed by atoms with Crippen molar-refractivity contribution < 1.29 is 0 Å². The molecule has 0 spiro atoms. The van der Waals surface area contributed by atoms with Gasteiger partial charge in [0.25, 0.3) is 0 Å². The number of allylic oxidation sites excluding steroid dienone is 14. The molecule has 1 aliphatic heterocycles. The molecule has 0 saturated heterocycles. The molecule has 0 N–H and O–H groups in total. The fraction of sp³-hybridized carbons (Fsp3) is 0.157. The van der Waals surface area contributed by atoms with Gasteiger partial charge in [-0.05, 0) is 126 Å². The number of fused-ring (bicyclic) bond motifs is 1. The Bertz CT molecular complexity index is 4930. The van der Waals surface area contributed by atoms with Crippen molar-refractivity contribution >= 4 is 33.4 Å². The molecule has 5 aliphatic rings. The Kier molecular flexibility index (Phi) is 16.1. The number of aromatic nitrogens is 4. The standard InChI is InChI=1S/C89H76N6/c1-60-29-25-26-48-77(60)72-46-28-45-71(57-72)74-58-79(73-47-27-44-70(56-73)62-30-11-4-12-31-62)83-80(59-74)81(64-49-51-75(52-50-64)94-84(65-34-15-6-16-35-65)82(63-32-13-5-14-33-63)92-88(94)68-40-21-9-22-41-68)90-87(91-83)78-54-53-76(55-61(78)2)95-86(67-38-19-8-20-39-67)85(66-36-17-7-18-37-66)93(3)89(95)69-42-23-10-24-43-69/h5-11,13-24,26-28,30-40,42-54,56-61,68,77,89H,4,12,25,29,41,55H2,1-3H3. The van der Waals surface area contributed by atoms with Crippen molar-refractivity contribution in [2.24, 2.45) is 11.8 Å². The molecule has 5 atom stereocenters. The molecule has 2 aromatic heterocycles. The number of hydrogen-bond acceptors (Lipinski definition) is 5. The zero-order valence-corrected chi connectivity index (χ0v) is 54.2. The molecule has 0 saturated carbocycles. The van der Waals surface area contributed by atoms with Crippen LogP contribution in [0.5, 0.6) is 0 Å². The molecule has 0 fully saturated rings. The van der Waals surface area contributed by atoms with Crippen LogP contribution in [-0.2, 0) is 0 Å². The van der Waals surface area contributed by atoms with Crippen LogP contribution in [0, 0.1) is 11.8 Å². The third kappa shape index (κ3) is 11.4. The molecule has 9 aromatic carbocycles. The van der Waals surface area contributed by atoms with Gasteiger partial charge in [-0.3, -0.25) is 4.57 Å². The maximum atomic E-state index is 5.92. The summed E-state index contributed by atoms with van der Waals surface area (Å²) < 4.78 is 2.41. The van der Waals surface area contributed by atoms with Crippen LogP contribution in [0.4, 0.5) is 0 Å². The van der Waals surface area contributed by atoms with Crippen molar-refractivity contribution in [3.05, 3.63) is 349 Å². The second-order valence-electron chi connectivity index (χ2n) is 26.2. The van der Waals surface area contributed by atoms with Crippen LogP contribution in [0.1, 0.15) is 110 Å². The third-order valence-electron chi connectivity index (χ3n) is 20.1. The lowest BCUT2D eigenvalue weighted by Gasteiger charge is -2.37. The molecule has 0 amide bonds. The molecule has 462 valence electrons. The normalized spacial score (nSPS) is 19.3. The predicted molar refractivity (Wildman–Crippen MR) is 394 cm³/mol. The summed E-state index contributed by atoms with van der Waals surface area (Å²) in [5.41, 5.74) is 24.7. The fourth-order valence-electron chi connectivity index (χ4n) is 15.3.